The Morgan fingerprint density at radius 3 is 2.46 bits per heavy atom. The maximum Gasteiger partial charge on any atom is 0.264 e. The van der Waals surface area contributed by atoms with Gasteiger partial charge >= 0.3 is 0 Å². The Morgan fingerprint density at radius 2 is 1.75 bits per heavy atom. The van der Waals surface area contributed by atoms with Crippen LogP contribution in [0.5, 0.6) is 0 Å². The van der Waals surface area contributed by atoms with Gasteiger partial charge in [-0.05, 0) is 80.6 Å². The summed E-state index contributed by atoms with van der Waals surface area (Å²) in [5.41, 5.74) is 2.87. The average Bonchev–Trinajstić information content (AvgIpc) is 2.96. The Morgan fingerprint density at radius 1 is 1.04 bits per heavy atom. The van der Waals surface area contributed by atoms with Crippen molar-refractivity contribution in [1.29, 1.82) is 0 Å². The van der Waals surface area contributed by atoms with Gasteiger partial charge in [-0.25, -0.2) is 12.8 Å². The van der Waals surface area contributed by atoms with Gasteiger partial charge in [0.1, 0.15) is 5.82 Å². The van der Waals surface area contributed by atoms with Gasteiger partial charge < -0.3 is 4.90 Å². The lowest BCUT2D eigenvalue weighted by molar-refractivity contribution is -0.116. The molecule has 2 heterocycles. The van der Waals surface area contributed by atoms with E-state index in [-0.39, 0.29) is 28.7 Å². The molecule has 2 atom stereocenters. The van der Waals surface area contributed by atoms with Crippen molar-refractivity contribution < 1.29 is 17.6 Å². The molecule has 1 amide bonds. The van der Waals surface area contributed by atoms with Gasteiger partial charge in [0.05, 0.1) is 10.6 Å². The zero-order valence-corrected chi connectivity index (χ0v) is 17.0. The highest BCUT2D eigenvalue weighted by atomic mass is 32.2. The second-order valence-electron chi connectivity index (χ2n) is 7.69. The predicted octanol–water partition coefficient (Wildman–Crippen LogP) is 3.65. The van der Waals surface area contributed by atoms with Gasteiger partial charge in [0.2, 0.25) is 5.91 Å². The first kappa shape index (κ1) is 18.9. The highest BCUT2D eigenvalue weighted by Gasteiger charge is 2.36. The van der Waals surface area contributed by atoms with Crippen molar-refractivity contribution in [2.75, 3.05) is 9.21 Å². The first-order chi connectivity index (χ1) is 13.2. The van der Waals surface area contributed by atoms with E-state index in [0.717, 1.165) is 11.3 Å². The van der Waals surface area contributed by atoms with Crippen molar-refractivity contribution in [3.63, 3.8) is 0 Å². The molecule has 0 fully saturated rings. The number of hydrogen-bond acceptors (Lipinski definition) is 3. The second kappa shape index (κ2) is 6.58. The molecule has 28 heavy (non-hydrogen) atoms. The van der Waals surface area contributed by atoms with Crippen LogP contribution in [-0.4, -0.2) is 26.4 Å². The SMILES string of the molecule is CC(=O)N1c2ccc(S(=O)(=O)N3c4ccc(F)cc4CCC3C)cc2CC1C. The van der Waals surface area contributed by atoms with Gasteiger partial charge in [0.15, 0.2) is 0 Å². The van der Waals surface area contributed by atoms with Crippen LogP contribution in [-0.2, 0) is 27.7 Å². The molecule has 2 aliphatic heterocycles. The van der Waals surface area contributed by atoms with Gasteiger partial charge in [0.25, 0.3) is 10.0 Å². The molecule has 0 radical (unpaired) electrons. The monoisotopic (exact) mass is 402 g/mol. The fourth-order valence-corrected chi connectivity index (χ4v) is 6.19. The van der Waals surface area contributed by atoms with Crippen LogP contribution < -0.4 is 9.21 Å². The lowest BCUT2D eigenvalue weighted by Gasteiger charge is -2.36. The summed E-state index contributed by atoms with van der Waals surface area (Å²) in [6.07, 6.45) is 1.90. The van der Waals surface area contributed by atoms with E-state index in [0.29, 0.717) is 30.5 Å². The van der Waals surface area contributed by atoms with E-state index in [4.69, 9.17) is 0 Å². The summed E-state index contributed by atoms with van der Waals surface area (Å²) in [7, 11) is -3.81. The normalized spacial score (nSPS) is 21.4. The third kappa shape index (κ3) is 2.89. The molecule has 5 nitrogen and oxygen atoms in total. The molecule has 2 unspecified atom stereocenters. The number of benzene rings is 2. The molecule has 4 rings (SSSR count). The van der Waals surface area contributed by atoms with Gasteiger partial charge in [-0.1, -0.05) is 0 Å². The fraction of sp³-hybridized carbons (Fsp3) is 0.381. The number of anilines is 2. The quantitative estimate of drug-likeness (QED) is 0.770. The number of aryl methyl sites for hydroxylation is 1. The summed E-state index contributed by atoms with van der Waals surface area (Å²) in [6.45, 7) is 5.34. The molecule has 0 spiro atoms. The average molecular weight is 402 g/mol. The molecule has 0 N–H and O–H groups in total. The molecular formula is C21H23FN2O3S. The largest absolute Gasteiger partial charge is 0.309 e. The Balaban J connectivity index is 1.78. The first-order valence-electron chi connectivity index (χ1n) is 9.45. The van der Waals surface area contributed by atoms with E-state index in [1.165, 1.54) is 23.4 Å². The van der Waals surface area contributed by atoms with Crippen LogP contribution in [0, 0.1) is 5.82 Å². The molecular weight excluding hydrogens is 379 g/mol. The zero-order valence-electron chi connectivity index (χ0n) is 16.1. The number of hydrogen-bond donors (Lipinski definition) is 0. The van der Waals surface area contributed by atoms with Crippen molar-refractivity contribution >= 4 is 27.3 Å². The minimum absolute atomic E-state index is 0.00284. The van der Waals surface area contributed by atoms with Crippen LogP contribution in [0.4, 0.5) is 15.8 Å². The lowest BCUT2D eigenvalue weighted by atomic mass is 9.99. The highest BCUT2D eigenvalue weighted by molar-refractivity contribution is 7.92. The second-order valence-corrected chi connectivity index (χ2v) is 9.51. The van der Waals surface area contributed by atoms with Gasteiger partial charge in [-0.3, -0.25) is 9.10 Å². The summed E-state index contributed by atoms with van der Waals surface area (Å²) in [5, 5.41) is 0. The lowest BCUT2D eigenvalue weighted by Crippen LogP contribution is -2.42. The van der Waals surface area contributed by atoms with E-state index in [2.05, 4.69) is 0 Å². The first-order valence-corrected chi connectivity index (χ1v) is 10.9. The van der Waals surface area contributed by atoms with Crippen LogP contribution in [0.3, 0.4) is 0 Å². The summed E-state index contributed by atoms with van der Waals surface area (Å²) in [6, 6.07) is 9.00. The number of carbonyl (C=O) groups is 1. The number of nitrogens with zero attached hydrogens (tertiary/aromatic N) is 2. The summed E-state index contributed by atoms with van der Waals surface area (Å²) in [5.74, 6) is -0.413. The molecule has 2 aromatic rings. The number of sulfonamides is 1. The van der Waals surface area contributed by atoms with Crippen molar-refractivity contribution in [1.82, 2.24) is 0 Å². The van der Waals surface area contributed by atoms with Gasteiger partial charge in [0, 0.05) is 24.7 Å². The van der Waals surface area contributed by atoms with Crippen LogP contribution in [0.25, 0.3) is 0 Å². The predicted molar refractivity (Wildman–Crippen MR) is 107 cm³/mol. The molecule has 2 aliphatic rings. The van der Waals surface area contributed by atoms with E-state index >= 15 is 0 Å². The fourth-order valence-electron chi connectivity index (χ4n) is 4.42. The molecule has 148 valence electrons. The Labute approximate surface area is 164 Å². The molecule has 0 bridgehead atoms. The van der Waals surface area contributed by atoms with E-state index in [9.17, 15) is 17.6 Å². The Hall–Kier alpha value is -2.41. The molecule has 0 aromatic heterocycles. The number of amides is 1. The molecule has 0 aliphatic carbocycles. The minimum atomic E-state index is -3.81. The van der Waals surface area contributed by atoms with Gasteiger partial charge in [-0.2, -0.15) is 0 Å². The smallest absolute Gasteiger partial charge is 0.264 e. The highest BCUT2D eigenvalue weighted by Crippen LogP contribution is 2.38. The van der Waals surface area contributed by atoms with Crippen molar-refractivity contribution in [2.24, 2.45) is 0 Å². The Kier molecular flexibility index (Phi) is 4.45. The van der Waals surface area contributed by atoms with Crippen molar-refractivity contribution in [2.45, 2.75) is 57.0 Å². The van der Waals surface area contributed by atoms with Crippen LogP contribution in [0.2, 0.25) is 0 Å². The molecule has 0 saturated heterocycles. The number of fused-ring (bicyclic) bond motifs is 2. The van der Waals surface area contributed by atoms with Crippen molar-refractivity contribution in [3.05, 3.63) is 53.3 Å². The number of halogens is 1. The van der Waals surface area contributed by atoms with Gasteiger partial charge in [-0.15, -0.1) is 0 Å². The number of rotatable bonds is 2. The third-order valence-corrected chi connectivity index (χ3v) is 7.60. The third-order valence-electron chi connectivity index (χ3n) is 5.67. The number of carbonyl (C=O) groups excluding carboxylic acids is 1. The molecule has 2 aromatic carbocycles. The van der Waals surface area contributed by atoms with E-state index in [1.54, 1.807) is 29.2 Å². The standard InChI is InChI=1S/C21H23FN2O3S/c1-13-4-5-16-11-18(22)6-8-21(16)24(13)28(26,27)19-7-9-20-17(12-19)10-14(2)23(20)15(3)25/h6-9,11-14H,4-5,10H2,1-3H3. The molecule has 0 saturated carbocycles. The summed E-state index contributed by atoms with van der Waals surface area (Å²) >= 11 is 0. The summed E-state index contributed by atoms with van der Waals surface area (Å²) < 4.78 is 42.0. The Bertz CT molecular complexity index is 1070. The van der Waals surface area contributed by atoms with E-state index in [1.807, 2.05) is 13.8 Å². The minimum Gasteiger partial charge on any atom is -0.309 e. The van der Waals surface area contributed by atoms with Crippen molar-refractivity contribution in [3.8, 4) is 0 Å². The maximum atomic E-state index is 13.6. The van der Waals surface area contributed by atoms with Crippen LogP contribution >= 0.6 is 0 Å². The van der Waals surface area contributed by atoms with Crippen LogP contribution in [0.1, 0.15) is 38.3 Å². The molecule has 7 heteroatoms. The topological polar surface area (TPSA) is 57.7 Å². The maximum absolute atomic E-state index is 13.6. The zero-order chi connectivity index (χ0) is 20.2. The summed E-state index contributed by atoms with van der Waals surface area (Å²) in [4.78, 5) is 13.8. The van der Waals surface area contributed by atoms with E-state index < -0.39 is 10.0 Å². The van der Waals surface area contributed by atoms with Crippen LogP contribution in [0.15, 0.2) is 41.3 Å².